The number of hydrogen-bond acceptors (Lipinski definition) is 4. The highest BCUT2D eigenvalue weighted by atomic mass is 19.3. The number of benzene rings is 3. The summed E-state index contributed by atoms with van der Waals surface area (Å²) in [5, 5.41) is 4.60. The van der Waals surface area contributed by atoms with E-state index in [4.69, 9.17) is 9.47 Å². The summed E-state index contributed by atoms with van der Waals surface area (Å²) in [5.41, 5.74) is 2.41. The minimum Gasteiger partial charge on any atom is -0.481 e. The first kappa shape index (κ1) is 21.6. The van der Waals surface area contributed by atoms with Gasteiger partial charge in [0.25, 0.3) is 5.88 Å². The first-order chi connectivity index (χ1) is 16.6. The molecular weight excluding hydrogens is 436 g/mol. The molecule has 0 N–H and O–H groups in total. The number of nitrogens with zero attached hydrogens (tertiary/aromatic N) is 3. The van der Waals surface area contributed by atoms with E-state index in [1.165, 1.54) is 7.11 Å². The van der Waals surface area contributed by atoms with Gasteiger partial charge in [-0.25, -0.2) is 9.67 Å². The highest BCUT2D eigenvalue weighted by molar-refractivity contribution is 5.82. The van der Waals surface area contributed by atoms with E-state index in [2.05, 4.69) is 10.1 Å². The number of pyridine rings is 1. The van der Waals surface area contributed by atoms with Gasteiger partial charge in [0.15, 0.2) is 5.52 Å². The van der Waals surface area contributed by atoms with E-state index < -0.39 is 12.2 Å². The van der Waals surface area contributed by atoms with Crippen LogP contribution in [-0.4, -0.2) is 28.5 Å². The van der Waals surface area contributed by atoms with Gasteiger partial charge >= 0.3 is 6.61 Å². The van der Waals surface area contributed by atoms with E-state index in [1.807, 2.05) is 91.0 Å². The highest BCUT2D eigenvalue weighted by Gasteiger charge is 2.41. The summed E-state index contributed by atoms with van der Waals surface area (Å²) in [6.45, 7) is -3.06. The second-order valence-corrected chi connectivity index (χ2v) is 7.63. The van der Waals surface area contributed by atoms with Gasteiger partial charge in [-0.2, -0.15) is 8.78 Å². The summed E-state index contributed by atoms with van der Waals surface area (Å²) in [6, 6.07) is 32.9. The van der Waals surface area contributed by atoms with Crippen LogP contribution in [-0.2, 0) is 5.54 Å². The minimum atomic E-state index is -3.06. The van der Waals surface area contributed by atoms with Crippen LogP contribution in [0, 0.1) is 0 Å². The molecule has 0 saturated heterocycles. The van der Waals surface area contributed by atoms with Crippen molar-refractivity contribution >= 4 is 11.0 Å². The van der Waals surface area contributed by atoms with Crippen LogP contribution in [0.25, 0.3) is 11.0 Å². The zero-order valence-electron chi connectivity index (χ0n) is 18.3. The summed E-state index contributed by atoms with van der Waals surface area (Å²) in [7, 11) is 1.47. The lowest BCUT2D eigenvalue weighted by molar-refractivity contribution is -0.0525. The van der Waals surface area contributed by atoms with Crippen LogP contribution in [0.5, 0.6) is 11.8 Å². The zero-order valence-corrected chi connectivity index (χ0v) is 18.3. The third-order valence-corrected chi connectivity index (χ3v) is 5.77. The Bertz CT molecular complexity index is 1290. The molecule has 0 aliphatic rings. The predicted molar refractivity (Wildman–Crippen MR) is 125 cm³/mol. The van der Waals surface area contributed by atoms with E-state index in [1.54, 1.807) is 16.8 Å². The first-order valence-electron chi connectivity index (χ1n) is 10.7. The molecule has 0 unspecified atom stereocenters. The van der Waals surface area contributed by atoms with E-state index >= 15 is 0 Å². The summed E-state index contributed by atoms with van der Waals surface area (Å²) < 4.78 is 38.5. The topological polar surface area (TPSA) is 49.2 Å². The molecule has 0 radical (unpaired) electrons. The van der Waals surface area contributed by atoms with Crippen molar-refractivity contribution in [2.45, 2.75) is 12.2 Å². The Kier molecular flexibility index (Phi) is 5.67. The molecule has 0 saturated carbocycles. The molecule has 0 spiro atoms. The molecule has 3 aromatic carbocycles. The molecule has 2 aromatic heterocycles. The Morgan fingerprint density at radius 1 is 0.735 bits per heavy atom. The molecule has 170 valence electrons. The standard InChI is InChI=1S/C27H21F2N3O2/c1-33-23-18-17-22-24(30-23)25(34-26(28)29)31-32(22)27(19-11-5-2-6-12-19,20-13-7-3-8-14-20)21-15-9-4-10-16-21/h2-18,26H,1H3. The van der Waals surface area contributed by atoms with Crippen LogP contribution >= 0.6 is 0 Å². The van der Waals surface area contributed by atoms with E-state index in [-0.39, 0.29) is 17.3 Å². The Morgan fingerprint density at radius 3 is 1.68 bits per heavy atom. The SMILES string of the molecule is COc1ccc2c(n1)c(OC(F)F)nn2C(c1ccccc1)(c1ccccc1)c1ccccc1. The second kappa shape index (κ2) is 8.94. The summed E-state index contributed by atoms with van der Waals surface area (Å²) in [6.07, 6.45) is 0. The lowest BCUT2D eigenvalue weighted by Crippen LogP contribution is -2.38. The molecule has 0 aliphatic carbocycles. The average Bonchev–Trinajstić information content (AvgIpc) is 3.23. The molecule has 5 rings (SSSR count). The lowest BCUT2D eigenvalue weighted by atomic mass is 9.77. The van der Waals surface area contributed by atoms with Crippen LogP contribution in [0.2, 0.25) is 0 Å². The molecule has 7 heteroatoms. The number of aromatic nitrogens is 3. The lowest BCUT2D eigenvalue weighted by Gasteiger charge is -2.36. The molecular formula is C27H21F2N3O2. The van der Waals surface area contributed by atoms with Crippen molar-refractivity contribution in [3.05, 3.63) is 120 Å². The fourth-order valence-electron chi connectivity index (χ4n) is 4.39. The van der Waals surface area contributed by atoms with Gasteiger partial charge in [0.1, 0.15) is 5.54 Å². The fraction of sp³-hybridized carbons (Fsp3) is 0.111. The Balaban J connectivity index is 1.94. The van der Waals surface area contributed by atoms with Gasteiger partial charge in [0.2, 0.25) is 5.88 Å². The van der Waals surface area contributed by atoms with Gasteiger partial charge in [0.05, 0.1) is 12.6 Å². The summed E-state index contributed by atoms with van der Waals surface area (Å²) in [4.78, 5) is 4.40. The van der Waals surface area contributed by atoms with Gasteiger partial charge < -0.3 is 9.47 Å². The Morgan fingerprint density at radius 2 is 1.24 bits per heavy atom. The number of rotatable bonds is 7. The number of ether oxygens (including phenoxy) is 2. The molecule has 0 amide bonds. The van der Waals surface area contributed by atoms with E-state index in [0.717, 1.165) is 16.7 Å². The zero-order chi connectivity index (χ0) is 23.5. The van der Waals surface area contributed by atoms with Crippen LogP contribution in [0.1, 0.15) is 16.7 Å². The molecule has 0 fully saturated rings. The van der Waals surface area contributed by atoms with Crippen LogP contribution in [0.15, 0.2) is 103 Å². The van der Waals surface area contributed by atoms with Crippen molar-refractivity contribution in [1.82, 2.24) is 14.8 Å². The van der Waals surface area contributed by atoms with Crippen LogP contribution in [0.3, 0.4) is 0 Å². The molecule has 5 aromatic rings. The number of alkyl halides is 2. The highest BCUT2D eigenvalue weighted by Crippen LogP contribution is 2.43. The maximum absolute atomic E-state index is 13.4. The molecule has 34 heavy (non-hydrogen) atoms. The van der Waals surface area contributed by atoms with Crippen molar-refractivity contribution in [3.63, 3.8) is 0 Å². The predicted octanol–water partition coefficient (Wildman–Crippen LogP) is 5.88. The number of halogens is 2. The third-order valence-electron chi connectivity index (χ3n) is 5.77. The second-order valence-electron chi connectivity index (χ2n) is 7.63. The molecule has 0 atom stereocenters. The van der Waals surface area contributed by atoms with Crippen LogP contribution < -0.4 is 9.47 Å². The van der Waals surface area contributed by atoms with Crippen LogP contribution in [0.4, 0.5) is 8.78 Å². The third kappa shape index (κ3) is 3.55. The Labute approximate surface area is 195 Å². The quantitative estimate of drug-likeness (QED) is 0.286. The fourth-order valence-corrected chi connectivity index (χ4v) is 4.39. The van der Waals surface area contributed by atoms with Gasteiger partial charge in [-0.05, 0) is 22.8 Å². The maximum Gasteiger partial charge on any atom is 0.388 e. The van der Waals surface area contributed by atoms with Crippen molar-refractivity contribution in [2.24, 2.45) is 0 Å². The van der Waals surface area contributed by atoms with Crippen molar-refractivity contribution in [1.29, 1.82) is 0 Å². The monoisotopic (exact) mass is 457 g/mol. The van der Waals surface area contributed by atoms with Gasteiger partial charge in [-0.15, -0.1) is 5.10 Å². The molecule has 0 aliphatic heterocycles. The number of methoxy groups -OCH3 is 1. The van der Waals surface area contributed by atoms with Crippen molar-refractivity contribution < 1.29 is 18.3 Å². The molecule has 0 bridgehead atoms. The van der Waals surface area contributed by atoms with E-state index in [0.29, 0.717) is 5.52 Å². The van der Waals surface area contributed by atoms with Crippen molar-refractivity contribution in [3.8, 4) is 11.8 Å². The molecule has 5 nitrogen and oxygen atoms in total. The summed E-state index contributed by atoms with van der Waals surface area (Å²) in [5.74, 6) is 0.00645. The summed E-state index contributed by atoms with van der Waals surface area (Å²) >= 11 is 0. The smallest absolute Gasteiger partial charge is 0.388 e. The number of fused-ring (bicyclic) bond motifs is 1. The Hall–Kier alpha value is -4.26. The normalized spacial score (nSPS) is 11.6. The molecule has 2 heterocycles. The van der Waals surface area contributed by atoms with E-state index in [9.17, 15) is 8.78 Å². The first-order valence-corrected chi connectivity index (χ1v) is 10.7. The van der Waals surface area contributed by atoms with Gasteiger partial charge in [0, 0.05) is 6.07 Å². The minimum absolute atomic E-state index is 0.187. The largest absolute Gasteiger partial charge is 0.481 e. The maximum atomic E-state index is 13.4. The van der Waals surface area contributed by atoms with Crippen molar-refractivity contribution in [2.75, 3.05) is 7.11 Å². The average molecular weight is 457 g/mol. The van der Waals surface area contributed by atoms with Gasteiger partial charge in [-0.3, -0.25) is 0 Å². The number of hydrogen-bond donors (Lipinski definition) is 0. The van der Waals surface area contributed by atoms with Gasteiger partial charge in [-0.1, -0.05) is 91.0 Å².